The molecule has 1 fully saturated rings. The number of Topliss-reactive ketones (excluding diaryl/α,β-unsaturated/α-hetero) is 1. The van der Waals surface area contributed by atoms with Crippen LogP contribution in [0.3, 0.4) is 0 Å². The fourth-order valence-corrected chi connectivity index (χ4v) is 3.91. The quantitative estimate of drug-likeness (QED) is 0.839. The highest BCUT2D eigenvalue weighted by Gasteiger charge is 2.53. The standard InChI is InChI=1S/C17H19F3N2O3/c1-9-4-10(13(25-9)17(18,19)20)14(24)22-7-16(8-22)5-11(21)12(23)15(2,3)6-16/h4-5H,6-8,21H2,1-3H3. The lowest BCUT2D eigenvalue weighted by Crippen LogP contribution is -2.61. The van der Waals surface area contributed by atoms with Crippen LogP contribution < -0.4 is 5.73 Å². The third-order valence-electron chi connectivity index (χ3n) is 4.77. The molecule has 1 aliphatic heterocycles. The fraction of sp³-hybridized carbons (Fsp3) is 0.529. The molecular weight excluding hydrogens is 337 g/mol. The van der Waals surface area contributed by atoms with Gasteiger partial charge in [0.25, 0.3) is 5.91 Å². The van der Waals surface area contributed by atoms with Gasteiger partial charge < -0.3 is 15.1 Å². The topological polar surface area (TPSA) is 76.5 Å². The minimum atomic E-state index is -4.73. The van der Waals surface area contributed by atoms with Crippen LogP contribution in [0.2, 0.25) is 0 Å². The molecule has 0 bridgehead atoms. The molecule has 2 heterocycles. The van der Waals surface area contributed by atoms with Crippen molar-refractivity contribution in [3.63, 3.8) is 0 Å². The van der Waals surface area contributed by atoms with E-state index in [2.05, 4.69) is 4.42 Å². The second-order valence-electron chi connectivity index (χ2n) is 7.61. The average molecular weight is 356 g/mol. The summed E-state index contributed by atoms with van der Waals surface area (Å²) in [6.07, 6.45) is -2.58. The number of rotatable bonds is 1. The SMILES string of the molecule is Cc1cc(C(=O)N2CC3(C=C(N)C(=O)C(C)(C)C3)C2)c(C(F)(F)F)o1. The van der Waals surface area contributed by atoms with E-state index < -0.39 is 34.2 Å². The molecule has 25 heavy (non-hydrogen) atoms. The van der Waals surface area contributed by atoms with Gasteiger partial charge in [-0.3, -0.25) is 9.59 Å². The molecule has 1 aromatic rings. The number of ketones is 1. The Balaban J connectivity index is 1.82. The van der Waals surface area contributed by atoms with Gasteiger partial charge in [0.15, 0.2) is 5.78 Å². The molecule has 1 amide bonds. The van der Waals surface area contributed by atoms with Crippen LogP contribution in [0.25, 0.3) is 0 Å². The van der Waals surface area contributed by atoms with Gasteiger partial charge in [-0.1, -0.05) is 13.8 Å². The number of furan rings is 1. The molecular formula is C17H19F3N2O3. The zero-order chi connectivity index (χ0) is 18.8. The Morgan fingerprint density at radius 2 is 1.92 bits per heavy atom. The normalized spacial score (nSPS) is 21.9. The number of carbonyl (C=O) groups is 2. The number of nitrogens with two attached hydrogens (primary N) is 1. The van der Waals surface area contributed by atoms with E-state index in [0.29, 0.717) is 6.42 Å². The molecule has 1 saturated heterocycles. The number of amides is 1. The van der Waals surface area contributed by atoms with Crippen LogP contribution in [0, 0.1) is 17.8 Å². The highest BCUT2D eigenvalue weighted by atomic mass is 19.4. The lowest BCUT2D eigenvalue weighted by Gasteiger charge is -2.53. The molecule has 0 radical (unpaired) electrons. The van der Waals surface area contributed by atoms with Crippen molar-refractivity contribution in [2.75, 3.05) is 13.1 Å². The van der Waals surface area contributed by atoms with Crippen LogP contribution in [-0.2, 0) is 11.0 Å². The number of hydrogen-bond donors (Lipinski definition) is 1. The predicted octanol–water partition coefficient (Wildman–Crippen LogP) is 2.89. The van der Waals surface area contributed by atoms with E-state index in [1.807, 2.05) is 0 Å². The van der Waals surface area contributed by atoms with E-state index in [1.165, 1.54) is 11.8 Å². The summed E-state index contributed by atoms with van der Waals surface area (Å²) in [6, 6.07) is 1.11. The molecule has 1 aliphatic carbocycles. The predicted molar refractivity (Wildman–Crippen MR) is 82.5 cm³/mol. The number of carbonyl (C=O) groups excluding carboxylic acids is 2. The Labute approximate surface area is 142 Å². The van der Waals surface area contributed by atoms with Gasteiger partial charge >= 0.3 is 6.18 Å². The number of alkyl halides is 3. The highest BCUT2D eigenvalue weighted by molar-refractivity contribution is 6.00. The summed E-state index contributed by atoms with van der Waals surface area (Å²) in [5.41, 5.74) is 4.35. The van der Waals surface area contributed by atoms with Crippen LogP contribution in [0.4, 0.5) is 13.2 Å². The molecule has 1 aromatic heterocycles. The third kappa shape index (κ3) is 2.83. The number of likely N-dealkylation sites (tertiary alicyclic amines) is 1. The first-order valence-electron chi connectivity index (χ1n) is 7.85. The van der Waals surface area contributed by atoms with Crippen LogP contribution in [0.15, 0.2) is 22.3 Å². The third-order valence-corrected chi connectivity index (χ3v) is 4.77. The van der Waals surface area contributed by atoms with Gasteiger partial charge in [-0.05, 0) is 25.5 Å². The molecule has 5 nitrogen and oxygen atoms in total. The largest absolute Gasteiger partial charge is 0.456 e. The van der Waals surface area contributed by atoms with E-state index >= 15 is 0 Å². The van der Waals surface area contributed by atoms with Crippen molar-refractivity contribution >= 4 is 11.7 Å². The number of nitrogens with zero attached hydrogens (tertiary/aromatic N) is 1. The van der Waals surface area contributed by atoms with E-state index in [9.17, 15) is 22.8 Å². The maximum absolute atomic E-state index is 13.0. The smallest absolute Gasteiger partial charge is 0.450 e. The Morgan fingerprint density at radius 3 is 2.44 bits per heavy atom. The van der Waals surface area contributed by atoms with Gasteiger partial charge in [0.05, 0.1) is 11.3 Å². The number of allylic oxidation sites excluding steroid dienone is 1. The van der Waals surface area contributed by atoms with Gasteiger partial charge in [-0.15, -0.1) is 0 Å². The summed E-state index contributed by atoms with van der Waals surface area (Å²) in [7, 11) is 0. The van der Waals surface area contributed by atoms with Gasteiger partial charge in [0.2, 0.25) is 5.76 Å². The monoisotopic (exact) mass is 356 g/mol. The van der Waals surface area contributed by atoms with Gasteiger partial charge in [-0.25, -0.2) is 0 Å². The van der Waals surface area contributed by atoms with Crippen LogP contribution in [0.5, 0.6) is 0 Å². The molecule has 8 heteroatoms. The van der Waals surface area contributed by atoms with Crippen LogP contribution in [-0.4, -0.2) is 29.7 Å². The first-order valence-corrected chi connectivity index (χ1v) is 7.85. The van der Waals surface area contributed by atoms with E-state index in [1.54, 1.807) is 19.9 Å². The Bertz CT molecular complexity index is 784. The van der Waals surface area contributed by atoms with Crippen molar-refractivity contribution in [2.24, 2.45) is 16.6 Å². The number of aryl methyl sites for hydroxylation is 1. The lowest BCUT2D eigenvalue weighted by molar-refractivity contribution is -0.153. The van der Waals surface area contributed by atoms with Crippen LogP contribution >= 0.6 is 0 Å². The molecule has 2 N–H and O–H groups in total. The maximum Gasteiger partial charge on any atom is 0.450 e. The summed E-state index contributed by atoms with van der Waals surface area (Å²) in [6.45, 7) is 5.38. The average Bonchev–Trinajstić information content (AvgIpc) is 2.83. The maximum atomic E-state index is 13.0. The van der Waals surface area contributed by atoms with Gasteiger partial charge in [0, 0.05) is 23.9 Å². The molecule has 0 unspecified atom stereocenters. The van der Waals surface area contributed by atoms with Crippen molar-refractivity contribution in [1.82, 2.24) is 4.90 Å². The molecule has 0 saturated carbocycles. The second kappa shape index (κ2) is 5.12. The zero-order valence-electron chi connectivity index (χ0n) is 14.2. The minimum absolute atomic E-state index is 0.0273. The zero-order valence-corrected chi connectivity index (χ0v) is 14.2. The fourth-order valence-electron chi connectivity index (χ4n) is 3.91. The number of halogens is 3. The molecule has 0 aromatic carbocycles. The van der Waals surface area contributed by atoms with Crippen molar-refractivity contribution in [1.29, 1.82) is 0 Å². The molecule has 136 valence electrons. The first-order chi connectivity index (χ1) is 11.3. The summed E-state index contributed by atoms with van der Waals surface area (Å²) in [5, 5.41) is 0. The van der Waals surface area contributed by atoms with Crippen molar-refractivity contribution < 1.29 is 27.2 Å². The van der Waals surface area contributed by atoms with Crippen molar-refractivity contribution in [3.05, 3.63) is 34.9 Å². The van der Waals surface area contributed by atoms with E-state index in [-0.39, 0.29) is 30.3 Å². The Hall–Kier alpha value is -2.25. The second-order valence-corrected chi connectivity index (χ2v) is 7.61. The van der Waals surface area contributed by atoms with E-state index in [0.717, 1.165) is 6.07 Å². The Morgan fingerprint density at radius 1 is 1.32 bits per heavy atom. The van der Waals surface area contributed by atoms with Crippen molar-refractivity contribution in [3.8, 4) is 0 Å². The molecule has 3 rings (SSSR count). The number of hydrogen-bond acceptors (Lipinski definition) is 4. The van der Waals surface area contributed by atoms with Gasteiger partial charge in [-0.2, -0.15) is 13.2 Å². The first kappa shape index (κ1) is 17.6. The molecule has 2 aliphatic rings. The van der Waals surface area contributed by atoms with Gasteiger partial charge in [0.1, 0.15) is 5.76 Å². The summed E-state index contributed by atoms with van der Waals surface area (Å²) >= 11 is 0. The summed E-state index contributed by atoms with van der Waals surface area (Å²) < 4.78 is 43.7. The molecule has 1 spiro atoms. The molecule has 0 atom stereocenters. The lowest BCUT2D eigenvalue weighted by atomic mass is 9.62. The summed E-state index contributed by atoms with van der Waals surface area (Å²) in [4.78, 5) is 25.9. The van der Waals surface area contributed by atoms with Crippen LogP contribution in [0.1, 0.15) is 42.1 Å². The highest BCUT2D eigenvalue weighted by Crippen LogP contribution is 2.48. The Kier molecular flexibility index (Phi) is 3.60. The van der Waals surface area contributed by atoms with E-state index in [4.69, 9.17) is 5.73 Å². The summed E-state index contributed by atoms with van der Waals surface area (Å²) in [5.74, 6) is -2.12. The minimum Gasteiger partial charge on any atom is -0.456 e. The van der Waals surface area contributed by atoms with Crippen molar-refractivity contribution in [2.45, 2.75) is 33.4 Å².